The van der Waals surface area contributed by atoms with Gasteiger partial charge in [0.1, 0.15) is 0 Å². The molecule has 0 radical (unpaired) electrons. The van der Waals surface area contributed by atoms with Crippen molar-refractivity contribution in [3.05, 3.63) is 102 Å². The summed E-state index contributed by atoms with van der Waals surface area (Å²) in [4.78, 5) is 28.2. The third-order valence-electron chi connectivity index (χ3n) is 8.34. The van der Waals surface area contributed by atoms with Crippen molar-refractivity contribution in [2.75, 3.05) is 26.2 Å². The third kappa shape index (κ3) is 7.98. The van der Waals surface area contributed by atoms with Gasteiger partial charge in [-0.1, -0.05) is 97.7 Å². The van der Waals surface area contributed by atoms with Crippen LogP contribution in [0.3, 0.4) is 0 Å². The van der Waals surface area contributed by atoms with Gasteiger partial charge in [0.2, 0.25) is 0 Å². The van der Waals surface area contributed by atoms with Crippen LogP contribution in [0.4, 0.5) is 0 Å². The lowest BCUT2D eigenvalue weighted by Crippen LogP contribution is -2.19. The lowest BCUT2D eigenvalue weighted by Gasteiger charge is -2.15. The molecule has 8 N–H and O–H groups in total. The van der Waals surface area contributed by atoms with Crippen LogP contribution >= 0.6 is 97.7 Å². The van der Waals surface area contributed by atoms with Gasteiger partial charge in [-0.2, -0.15) is 0 Å². The normalized spacial score (nSPS) is 11.4. The first-order chi connectivity index (χ1) is 23.4. The summed E-state index contributed by atoms with van der Waals surface area (Å²) < 4.78 is 7.94. The predicted octanol–water partition coefficient (Wildman–Crippen LogP) is 7.29. The Kier molecular flexibility index (Phi) is 14.3. The van der Waals surface area contributed by atoms with Crippen molar-refractivity contribution < 1.29 is 14.3 Å². The van der Waals surface area contributed by atoms with E-state index in [1.807, 2.05) is 12.1 Å². The lowest BCUT2D eigenvalue weighted by atomic mass is 9.95. The maximum atomic E-state index is 14.1. The highest BCUT2D eigenvalue weighted by Crippen LogP contribution is 2.27. The highest BCUT2D eigenvalue weighted by atomic mass is 32.1. The maximum Gasteiger partial charge on any atom is 0.347 e. The molecule has 0 heterocycles. The van der Waals surface area contributed by atoms with Gasteiger partial charge >= 0.3 is 11.9 Å². The van der Waals surface area contributed by atoms with Gasteiger partial charge in [0.15, 0.2) is 0 Å². The molecule has 4 aliphatic carbocycles. The number of aryl methyl sites for hydroxylation is 2. The molecule has 15 heteroatoms. The van der Waals surface area contributed by atoms with Crippen molar-refractivity contribution in [2.45, 2.75) is 51.4 Å². The van der Waals surface area contributed by atoms with E-state index in [-0.39, 0.29) is 29.2 Å². The van der Waals surface area contributed by atoms with Crippen LogP contribution < -0.4 is 22.9 Å². The Labute approximate surface area is 324 Å². The molecule has 0 saturated carbocycles. The molecule has 4 aliphatic rings. The zero-order valence-corrected chi connectivity index (χ0v) is 33.0. The first-order valence-corrected chi connectivity index (χ1v) is 18.9. The summed E-state index contributed by atoms with van der Waals surface area (Å²) in [7, 11) is 0. The maximum absolute atomic E-state index is 14.1. The molecule has 0 unspecified atom stereocenters. The average Bonchev–Trinajstić information content (AvgIpc) is 3.07. The van der Waals surface area contributed by atoms with E-state index in [0.717, 1.165) is 11.1 Å². The SMILES string of the molecule is NCCCc1cc2c(=S)c(=S)c(C(=O)OC(=O)c3c(CCCN)c4c(=S)c(=S)c(CCCN)cc=4c(=S)c3=S)c(CCCN)c=2c(=S)c1=S. The second-order valence-electron chi connectivity index (χ2n) is 11.5. The summed E-state index contributed by atoms with van der Waals surface area (Å²) in [5, 5.41) is 2.30. The van der Waals surface area contributed by atoms with Crippen LogP contribution in [0.5, 0.6) is 0 Å². The predicted molar refractivity (Wildman–Crippen MR) is 214 cm³/mol. The second kappa shape index (κ2) is 17.6. The van der Waals surface area contributed by atoms with Gasteiger partial charge in [0.05, 0.1) is 47.2 Å². The van der Waals surface area contributed by atoms with E-state index in [1.165, 1.54) is 0 Å². The summed E-state index contributed by atoms with van der Waals surface area (Å²) in [5.41, 5.74) is 25.8. The third-order valence-corrected chi connectivity index (χ3v) is 12.3. The van der Waals surface area contributed by atoms with E-state index >= 15 is 0 Å². The fraction of sp³-hybridized carbons (Fsp3) is 0.353. The molecule has 0 amide bonds. The van der Waals surface area contributed by atoms with Crippen LogP contribution in [0.2, 0.25) is 0 Å². The fourth-order valence-corrected chi connectivity index (χ4v) is 8.39. The molecule has 256 valence electrons. The average molecular weight is 803 g/mol. The number of ether oxygens (including phenoxy) is 1. The van der Waals surface area contributed by atoms with Crippen LogP contribution in [0.25, 0.3) is 0 Å². The minimum atomic E-state index is -0.993. The minimum Gasteiger partial charge on any atom is -0.386 e. The Morgan fingerprint density at radius 3 is 1.12 bits per heavy atom. The molecule has 0 aliphatic heterocycles. The summed E-state index contributed by atoms with van der Waals surface area (Å²) in [6.45, 7) is 1.61. The van der Waals surface area contributed by atoms with E-state index in [4.69, 9.17) is 125 Å². The van der Waals surface area contributed by atoms with Crippen LogP contribution in [0.1, 0.15) is 68.7 Å². The van der Waals surface area contributed by atoms with Crippen LogP contribution in [0, 0.1) is 57.0 Å². The molecule has 7 nitrogen and oxygen atoms in total. The van der Waals surface area contributed by atoms with E-state index in [9.17, 15) is 9.59 Å². The van der Waals surface area contributed by atoms with Crippen molar-refractivity contribution in [1.29, 1.82) is 0 Å². The van der Waals surface area contributed by atoms with Crippen LogP contribution in [0.15, 0.2) is 12.1 Å². The Morgan fingerprint density at radius 1 is 0.469 bits per heavy atom. The largest absolute Gasteiger partial charge is 0.386 e. The lowest BCUT2D eigenvalue weighted by molar-refractivity contribution is 0.0395. The topological polar surface area (TPSA) is 147 Å². The number of nitrogens with two attached hydrogens (primary N) is 4. The Bertz CT molecular complexity index is 2370. The molecular formula is C34H34N4O3S8. The first-order valence-electron chi connectivity index (χ1n) is 15.7. The second-order valence-corrected chi connectivity index (χ2v) is 14.8. The van der Waals surface area contributed by atoms with Crippen LogP contribution in [-0.2, 0) is 30.4 Å². The number of carbonyl (C=O) groups excluding carboxylic acids is 2. The van der Waals surface area contributed by atoms with E-state index in [0.29, 0.717) is 128 Å². The number of esters is 2. The molecule has 49 heavy (non-hydrogen) atoms. The van der Waals surface area contributed by atoms with Gasteiger partial charge in [0, 0.05) is 20.9 Å². The zero-order valence-electron chi connectivity index (χ0n) is 26.4. The number of rotatable bonds is 14. The Balaban J connectivity index is 1.99. The number of carbonyl (C=O) groups is 2. The highest BCUT2D eigenvalue weighted by molar-refractivity contribution is 7.75. The monoisotopic (exact) mass is 802 g/mol. The van der Waals surface area contributed by atoms with Crippen molar-refractivity contribution in [2.24, 2.45) is 22.9 Å². The zero-order chi connectivity index (χ0) is 36.2. The van der Waals surface area contributed by atoms with E-state index in [1.54, 1.807) is 0 Å². The van der Waals surface area contributed by atoms with E-state index in [2.05, 4.69) is 0 Å². The van der Waals surface area contributed by atoms with Gasteiger partial charge in [-0.3, -0.25) is 0 Å². The van der Waals surface area contributed by atoms with Gasteiger partial charge in [-0.25, -0.2) is 9.59 Å². The molecule has 0 atom stereocenters. The number of hydrogen-bond donors (Lipinski definition) is 4. The standard InChI is InChI=1S/C34H34N4O3S8/c35-9-1-5-15-13-19-21(29(46)25(15)42)17(7-3-11-37)23(31(48)27(19)44)33(39)41-34(40)24-18(8-4-12-38)22-20(28(45)32(24)49)14-16(6-2-10-36)26(43)30(22)47/h13-14H,1-12,35-38H2. The summed E-state index contributed by atoms with van der Waals surface area (Å²) in [5.74, 6) is -1.99. The minimum absolute atomic E-state index is 0.0281. The van der Waals surface area contributed by atoms with Crippen molar-refractivity contribution in [3.63, 3.8) is 0 Å². The molecule has 0 saturated heterocycles. The van der Waals surface area contributed by atoms with Crippen molar-refractivity contribution in [3.8, 4) is 0 Å². The summed E-state index contributed by atoms with van der Waals surface area (Å²) in [6.07, 6.45) is 4.28. The van der Waals surface area contributed by atoms with Gasteiger partial charge in [-0.05, 0) is 112 Å². The Hall–Kier alpha value is -1.86. The summed E-state index contributed by atoms with van der Waals surface area (Å²) in [6, 6.07) is 3.75. The molecule has 0 fully saturated rings. The van der Waals surface area contributed by atoms with Crippen molar-refractivity contribution >= 4 is 110 Å². The molecule has 0 aromatic heterocycles. The molecule has 0 aromatic rings. The number of hydrogen-bond acceptors (Lipinski definition) is 15. The molecule has 0 aromatic carbocycles. The first kappa shape index (κ1) is 39.9. The van der Waals surface area contributed by atoms with Gasteiger partial charge < -0.3 is 27.7 Å². The smallest absolute Gasteiger partial charge is 0.347 e. The van der Waals surface area contributed by atoms with Gasteiger partial charge in [0.25, 0.3) is 0 Å². The summed E-state index contributed by atoms with van der Waals surface area (Å²) >= 11 is 46.3. The molecule has 0 spiro atoms. The quantitative estimate of drug-likeness (QED) is 0.0575. The van der Waals surface area contributed by atoms with Crippen molar-refractivity contribution in [1.82, 2.24) is 0 Å². The Morgan fingerprint density at radius 2 is 0.796 bits per heavy atom. The molecular weight excluding hydrogens is 769 g/mol. The van der Waals surface area contributed by atoms with Gasteiger partial charge in [-0.15, -0.1) is 0 Å². The highest BCUT2D eigenvalue weighted by Gasteiger charge is 2.26. The fourth-order valence-electron chi connectivity index (χ4n) is 5.97. The molecule has 4 rings (SSSR count). The van der Waals surface area contributed by atoms with E-state index < -0.39 is 11.9 Å². The van der Waals surface area contributed by atoms with Crippen LogP contribution in [-0.4, -0.2) is 38.1 Å². The molecule has 0 bridgehead atoms.